The molecule has 0 aromatic carbocycles. The van der Waals surface area contributed by atoms with Gasteiger partial charge >= 0.3 is 0 Å². The molecule has 22 heavy (non-hydrogen) atoms. The lowest BCUT2D eigenvalue weighted by molar-refractivity contribution is 0.162. The number of rotatable bonds is 5. The number of hydrogen-bond donors (Lipinski definition) is 2. The molecule has 0 amide bonds. The molecule has 0 aliphatic heterocycles. The number of pyridine rings is 1. The van der Waals surface area contributed by atoms with Crippen LogP contribution in [-0.2, 0) is 9.84 Å². The summed E-state index contributed by atoms with van der Waals surface area (Å²) in [6.45, 7) is 5.14. The number of furan rings is 1. The molecule has 0 radical (unpaired) electrons. The highest BCUT2D eigenvalue weighted by atomic mass is 32.2. The van der Waals surface area contributed by atoms with Gasteiger partial charge in [0.15, 0.2) is 14.9 Å². The second-order valence-electron chi connectivity index (χ2n) is 5.91. The van der Waals surface area contributed by atoms with Crippen LogP contribution in [0.5, 0.6) is 0 Å². The maximum atomic E-state index is 12.3. The van der Waals surface area contributed by atoms with Crippen LogP contribution in [0.4, 0.5) is 5.69 Å². The van der Waals surface area contributed by atoms with Crippen LogP contribution < -0.4 is 5.32 Å². The minimum absolute atomic E-state index is 0.0390. The first-order valence-electron chi connectivity index (χ1n) is 6.88. The predicted octanol–water partition coefficient (Wildman–Crippen LogP) is 2.39. The largest absolute Gasteiger partial charge is 0.467 e. The van der Waals surface area contributed by atoms with Gasteiger partial charge in [0.05, 0.1) is 22.9 Å². The van der Waals surface area contributed by atoms with E-state index in [-0.39, 0.29) is 11.6 Å². The van der Waals surface area contributed by atoms with E-state index in [0.29, 0.717) is 11.4 Å². The molecule has 2 rings (SSSR count). The summed E-state index contributed by atoms with van der Waals surface area (Å²) in [6, 6.07) is 6.47. The lowest BCUT2D eigenvalue weighted by Gasteiger charge is -2.18. The van der Waals surface area contributed by atoms with Crippen molar-refractivity contribution < 1.29 is 17.9 Å². The summed E-state index contributed by atoms with van der Waals surface area (Å²) in [5.74, 6) is 0.465. The maximum Gasteiger partial charge on any atom is 0.200 e. The molecule has 2 aromatic heterocycles. The topological polar surface area (TPSA) is 92.4 Å². The number of hydrogen-bond acceptors (Lipinski definition) is 6. The van der Waals surface area contributed by atoms with Crippen molar-refractivity contribution in [1.82, 2.24) is 4.98 Å². The quantitative estimate of drug-likeness (QED) is 0.877. The summed E-state index contributed by atoms with van der Waals surface area (Å²) in [6.07, 6.45) is 2.15. The van der Waals surface area contributed by atoms with E-state index in [1.165, 1.54) is 18.5 Å². The van der Waals surface area contributed by atoms with Gasteiger partial charge in [0.1, 0.15) is 11.9 Å². The van der Waals surface area contributed by atoms with Crippen LogP contribution in [0.15, 0.2) is 46.2 Å². The third-order valence-corrected chi connectivity index (χ3v) is 5.59. The number of sulfone groups is 1. The SMILES string of the molecule is CC(C)(C)S(=O)(=O)c1ccc(NCC(O)c2ccco2)cn1. The Hall–Kier alpha value is -1.86. The van der Waals surface area contributed by atoms with E-state index in [1.807, 2.05) is 0 Å². The van der Waals surface area contributed by atoms with Crippen molar-refractivity contribution in [3.8, 4) is 0 Å². The number of aliphatic hydroxyl groups is 1. The molecule has 0 saturated carbocycles. The highest BCUT2D eigenvalue weighted by Crippen LogP contribution is 2.24. The second kappa shape index (κ2) is 6.10. The van der Waals surface area contributed by atoms with Crippen LogP contribution in [0.25, 0.3) is 0 Å². The van der Waals surface area contributed by atoms with E-state index in [1.54, 1.807) is 39.0 Å². The summed E-state index contributed by atoms with van der Waals surface area (Å²) in [5, 5.41) is 12.9. The zero-order chi connectivity index (χ0) is 16.4. The number of nitrogens with zero attached hydrogens (tertiary/aromatic N) is 1. The lowest BCUT2D eigenvalue weighted by Crippen LogP contribution is -2.28. The van der Waals surface area contributed by atoms with Gasteiger partial charge in [-0.25, -0.2) is 13.4 Å². The molecule has 1 atom stereocenters. The molecule has 120 valence electrons. The van der Waals surface area contributed by atoms with Gasteiger partial charge in [-0.2, -0.15) is 0 Å². The van der Waals surface area contributed by atoms with Crippen LogP contribution >= 0.6 is 0 Å². The van der Waals surface area contributed by atoms with Crippen molar-refractivity contribution in [3.05, 3.63) is 42.5 Å². The summed E-state index contributed by atoms with van der Waals surface area (Å²) in [4.78, 5) is 4.00. The van der Waals surface area contributed by atoms with E-state index < -0.39 is 20.7 Å². The molecule has 1 unspecified atom stereocenters. The first-order valence-corrected chi connectivity index (χ1v) is 8.36. The molecule has 2 aromatic rings. The maximum absolute atomic E-state index is 12.3. The third kappa shape index (κ3) is 3.48. The van der Waals surface area contributed by atoms with Crippen molar-refractivity contribution in [2.75, 3.05) is 11.9 Å². The Bertz CT molecular complexity index is 701. The van der Waals surface area contributed by atoms with Gasteiger partial charge in [-0.05, 0) is 45.0 Å². The molecule has 0 saturated heterocycles. The summed E-state index contributed by atoms with van der Waals surface area (Å²) >= 11 is 0. The number of aromatic nitrogens is 1. The predicted molar refractivity (Wildman–Crippen MR) is 83.3 cm³/mol. The average Bonchev–Trinajstić information content (AvgIpc) is 2.98. The minimum Gasteiger partial charge on any atom is -0.467 e. The van der Waals surface area contributed by atoms with E-state index in [2.05, 4.69) is 10.3 Å². The molecule has 2 heterocycles. The van der Waals surface area contributed by atoms with Crippen LogP contribution in [-0.4, -0.2) is 29.8 Å². The fraction of sp³-hybridized carbons (Fsp3) is 0.400. The highest BCUT2D eigenvalue weighted by molar-refractivity contribution is 7.92. The van der Waals surface area contributed by atoms with E-state index in [0.717, 1.165) is 0 Å². The molecule has 0 aliphatic rings. The number of aliphatic hydroxyl groups excluding tert-OH is 1. The fourth-order valence-electron chi connectivity index (χ4n) is 1.75. The Morgan fingerprint density at radius 2 is 2.05 bits per heavy atom. The third-order valence-electron chi connectivity index (χ3n) is 3.19. The summed E-state index contributed by atoms with van der Waals surface area (Å²) in [5.41, 5.74) is 0.624. The van der Waals surface area contributed by atoms with Crippen LogP contribution in [0.1, 0.15) is 32.6 Å². The van der Waals surface area contributed by atoms with E-state index >= 15 is 0 Å². The van der Waals surface area contributed by atoms with Gasteiger partial charge in [-0.1, -0.05) is 0 Å². The second-order valence-corrected chi connectivity index (χ2v) is 8.56. The molecule has 0 aliphatic carbocycles. The first kappa shape index (κ1) is 16.5. The van der Waals surface area contributed by atoms with Gasteiger partial charge in [0.2, 0.25) is 0 Å². The van der Waals surface area contributed by atoms with Crippen LogP contribution in [0.3, 0.4) is 0 Å². The van der Waals surface area contributed by atoms with Gasteiger partial charge in [-0.3, -0.25) is 0 Å². The Morgan fingerprint density at radius 3 is 2.55 bits per heavy atom. The zero-order valence-corrected chi connectivity index (χ0v) is 13.6. The van der Waals surface area contributed by atoms with E-state index in [4.69, 9.17) is 4.42 Å². The standard InChI is InChI=1S/C15H20N2O4S/c1-15(2,3)22(19,20)14-7-6-11(9-17-14)16-10-12(18)13-5-4-8-21-13/h4-9,12,16,18H,10H2,1-3H3. The van der Waals surface area contributed by atoms with Crippen molar-refractivity contribution >= 4 is 15.5 Å². The van der Waals surface area contributed by atoms with Crippen molar-refractivity contribution in [3.63, 3.8) is 0 Å². The van der Waals surface area contributed by atoms with Gasteiger partial charge in [0, 0.05) is 6.54 Å². The molecule has 7 heteroatoms. The fourth-order valence-corrected chi connectivity index (χ4v) is 2.82. The minimum atomic E-state index is -3.46. The van der Waals surface area contributed by atoms with E-state index in [9.17, 15) is 13.5 Å². The average molecular weight is 324 g/mol. The molecule has 2 N–H and O–H groups in total. The Morgan fingerprint density at radius 1 is 1.32 bits per heavy atom. The Balaban J connectivity index is 2.04. The monoisotopic (exact) mass is 324 g/mol. The molecule has 0 bridgehead atoms. The van der Waals surface area contributed by atoms with Crippen LogP contribution in [0.2, 0.25) is 0 Å². The van der Waals surface area contributed by atoms with Crippen LogP contribution in [0, 0.1) is 0 Å². The number of nitrogens with one attached hydrogen (secondary N) is 1. The van der Waals surface area contributed by atoms with Crippen molar-refractivity contribution in [1.29, 1.82) is 0 Å². The smallest absolute Gasteiger partial charge is 0.200 e. The molecular formula is C15H20N2O4S. The van der Waals surface area contributed by atoms with Crippen molar-refractivity contribution in [2.24, 2.45) is 0 Å². The molecule has 0 fully saturated rings. The molecule has 6 nitrogen and oxygen atoms in total. The highest BCUT2D eigenvalue weighted by Gasteiger charge is 2.31. The van der Waals surface area contributed by atoms with Crippen molar-refractivity contribution in [2.45, 2.75) is 36.6 Å². The molecule has 0 spiro atoms. The summed E-state index contributed by atoms with van der Waals surface area (Å²) in [7, 11) is -3.46. The normalized spacial score (nSPS) is 13.8. The molecular weight excluding hydrogens is 304 g/mol. The van der Waals surface area contributed by atoms with Gasteiger partial charge in [0.25, 0.3) is 0 Å². The first-order chi connectivity index (χ1) is 10.2. The van der Waals surface area contributed by atoms with Gasteiger partial charge in [-0.15, -0.1) is 0 Å². The Kier molecular flexibility index (Phi) is 4.58. The lowest BCUT2D eigenvalue weighted by atomic mass is 10.2. The van der Waals surface area contributed by atoms with Gasteiger partial charge < -0.3 is 14.8 Å². The zero-order valence-electron chi connectivity index (χ0n) is 12.8. The Labute approximate surface area is 130 Å². The number of anilines is 1. The summed E-state index contributed by atoms with van der Waals surface area (Å²) < 4.78 is 28.7.